The Balaban J connectivity index is 2.17. The summed E-state index contributed by atoms with van der Waals surface area (Å²) in [5, 5.41) is 3.56. The summed E-state index contributed by atoms with van der Waals surface area (Å²) in [6, 6.07) is 0.717. The molecule has 2 nitrogen and oxygen atoms in total. The molecule has 1 aliphatic carbocycles. The van der Waals surface area contributed by atoms with Crippen LogP contribution in [-0.4, -0.2) is 28.7 Å². The van der Waals surface area contributed by atoms with Gasteiger partial charge in [-0.05, 0) is 26.7 Å². The molecule has 3 radical (unpaired) electrons. The van der Waals surface area contributed by atoms with Gasteiger partial charge in [-0.1, -0.05) is 19.3 Å². The van der Waals surface area contributed by atoms with E-state index in [4.69, 9.17) is 4.43 Å². The van der Waals surface area contributed by atoms with Crippen molar-refractivity contribution in [1.82, 2.24) is 5.32 Å². The van der Waals surface area contributed by atoms with E-state index >= 15 is 0 Å². The lowest BCUT2D eigenvalue weighted by atomic mass is 9.95. The Kier molecular flexibility index (Phi) is 4.42. The maximum absolute atomic E-state index is 5.17. The molecule has 1 saturated carbocycles. The van der Waals surface area contributed by atoms with Gasteiger partial charge in [-0.25, -0.2) is 0 Å². The molecule has 0 saturated heterocycles. The van der Waals surface area contributed by atoms with Crippen LogP contribution in [0.15, 0.2) is 0 Å². The van der Waals surface area contributed by atoms with E-state index in [0.717, 1.165) is 12.6 Å². The van der Waals surface area contributed by atoms with E-state index in [1.165, 1.54) is 32.1 Å². The largest absolute Gasteiger partial charge is 0.412 e. The highest BCUT2D eigenvalue weighted by molar-refractivity contribution is 5.98. The highest BCUT2D eigenvalue weighted by Crippen LogP contribution is 2.18. The third-order valence-electron chi connectivity index (χ3n) is 2.70. The summed E-state index contributed by atoms with van der Waals surface area (Å²) in [4.78, 5) is 0. The minimum absolute atomic E-state index is 0.103. The number of hydrogen-bond acceptors (Lipinski definition) is 2. The van der Waals surface area contributed by atoms with Gasteiger partial charge in [-0.15, -0.1) is 0 Å². The number of hydrogen-bond donors (Lipinski definition) is 1. The Bertz CT molecular complexity index is 144. The zero-order chi connectivity index (χ0) is 9.73. The summed E-state index contributed by atoms with van der Waals surface area (Å²) in [5.41, 5.74) is -0.103. The van der Waals surface area contributed by atoms with Crippen LogP contribution >= 0.6 is 0 Å². The van der Waals surface area contributed by atoms with Gasteiger partial charge in [0.1, 0.15) is 0 Å². The Morgan fingerprint density at radius 3 is 2.46 bits per heavy atom. The van der Waals surface area contributed by atoms with Gasteiger partial charge in [0.25, 0.3) is 0 Å². The molecule has 0 aromatic rings. The van der Waals surface area contributed by atoms with E-state index in [9.17, 15) is 0 Å². The van der Waals surface area contributed by atoms with Crippen molar-refractivity contribution in [3.8, 4) is 0 Å². The van der Waals surface area contributed by atoms with Crippen molar-refractivity contribution >= 4 is 10.5 Å². The summed E-state index contributed by atoms with van der Waals surface area (Å²) in [6.45, 7) is 5.08. The molecule has 1 N–H and O–H groups in total. The van der Waals surface area contributed by atoms with Crippen LogP contribution in [0.3, 0.4) is 0 Å². The molecule has 3 heteroatoms. The van der Waals surface area contributed by atoms with E-state index in [2.05, 4.69) is 29.7 Å². The van der Waals surface area contributed by atoms with Crippen LogP contribution in [0.1, 0.15) is 46.0 Å². The lowest BCUT2D eigenvalue weighted by molar-refractivity contribution is 0.114. The molecule has 1 rings (SSSR count). The summed E-state index contributed by atoms with van der Waals surface area (Å²) in [5.74, 6) is 0. The molecular weight excluding hydrogens is 178 g/mol. The number of rotatable bonds is 4. The zero-order valence-corrected chi connectivity index (χ0v) is 9.73. The Labute approximate surface area is 85.0 Å². The first kappa shape index (κ1) is 11.2. The topological polar surface area (TPSA) is 21.3 Å². The zero-order valence-electron chi connectivity index (χ0n) is 8.73. The van der Waals surface area contributed by atoms with Crippen molar-refractivity contribution in [1.29, 1.82) is 0 Å². The summed E-state index contributed by atoms with van der Waals surface area (Å²) >= 11 is 0. The molecule has 0 atom stereocenters. The van der Waals surface area contributed by atoms with Crippen molar-refractivity contribution in [2.45, 2.75) is 57.6 Å². The van der Waals surface area contributed by atoms with E-state index in [1.807, 2.05) is 0 Å². The molecule has 0 heterocycles. The van der Waals surface area contributed by atoms with Gasteiger partial charge in [-0.2, -0.15) is 0 Å². The van der Waals surface area contributed by atoms with Crippen LogP contribution < -0.4 is 5.32 Å². The molecule has 0 unspecified atom stereocenters. The predicted molar refractivity (Wildman–Crippen MR) is 55.8 cm³/mol. The van der Waals surface area contributed by atoms with Gasteiger partial charge in [0.15, 0.2) is 0 Å². The maximum Gasteiger partial charge on any atom is 0.247 e. The van der Waals surface area contributed by atoms with Crippen molar-refractivity contribution < 1.29 is 4.43 Å². The molecule has 1 fully saturated rings. The van der Waals surface area contributed by atoms with Gasteiger partial charge in [0.2, 0.25) is 10.5 Å². The first-order valence-electron chi connectivity index (χ1n) is 5.22. The van der Waals surface area contributed by atoms with E-state index in [-0.39, 0.29) is 5.60 Å². The van der Waals surface area contributed by atoms with Crippen LogP contribution in [0.2, 0.25) is 0 Å². The molecule has 0 amide bonds. The van der Waals surface area contributed by atoms with Gasteiger partial charge in [-0.3, -0.25) is 0 Å². The van der Waals surface area contributed by atoms with E-state index in [1.54, 1.807) is 0 Å². The molecule has 0 aliphatic heterocycles. The van der Waals surface area contributed by atoms with Crippen molar-refractivity contribution in [2.75, 3.05) is 6.54 Å². The second-order valence-corrected chi connectivity index (χ2v) is 4.78. The van der Waals surface area contributed by atoms with Crippen LogP contribution in [-0.2, 0) is 4.43 Å². The monoisotopic (exact) mass is 198 g/mol. The minimum atomic E-state index is -0.103. The lowest BCUT2D eigenvalue weighted by Gasteiger charge is -2.29. The summed E-state index contributed by atoms with van der Waals surface area (Å²) in [6.07, 6.45) is 6.84. The Morgan fingerprint density at radius 2 is 1.92 bits per heavy atom. The predicted octanol–water partition coefficient (Wildman–Crippen LogP) is 1.79. The normalized spacial score (nSPS) is 20.5. The average molecular weight is 198 g/mol. The third-order valence-corrected chi connectivity index (χ3v) is 3.25. The molecule has 1 aliphatic rings. The average Bonchev–Trinajstić information content (AvgIpc) is 2.17. The first-order chi connectivity index (χ1) is 6.14. The second-order valence-electron chi connectivity index (χ2n) is 4.58. The third kappa shape index (κ3) is 4.25. The minimum Gasteiger partial charge on any atom is -0.412 e. The molecule has 0 aromatic heterocycles. The SMILES string of the molecule is CC(C)(CNC1CCCCC1)O[Si]. The molecular formula is C10H20NOSi. The standard InChI is InChI=1S/C10H20NOSi/c1-10(2,12-13)8-11-9-6-4-3-5-7-9/h9,11H,3-8H2,1-2H3. The molecule has 13 heavy (non-hydrogen) atoms. The Morgan fingerprint density at radius 1 is 1.31 bits per heavy atom. The van der Waals surface area contributed by atoms with Crippen LogP contribution in [0, 0.1) is 0 Å². The second kappa shape index (κ2) is 5.13. The van der Waals surface area contributed by atoms with E-state index < -0.39 is 0 Å². The molecule has 0 aromatic carbocycles. The molecule has 75 valence electrons. The van der Waals surface area contributed by atoms with Crippen molar-refractivity contribution in [3.05, 3.63) is 0 Å². The smallest absolute Gasteiger partial charge is 0.247 e. The van der Waals surface area contributed by atoms with Crippen LogP contribution in [0.5, 0.6) is 0 Å². The fourth-order valence-corrected chi connectivity index (χ4v) is 1.81. The molecule has 0 bridgehead atoms. The quantitative estimate of drug-likeness (QED) is 0.695. The van der Waals surface area contributed by atoms with E-state index in [0.29, 0.717) is 0 Å². The van der Waals surface area contributed by atoms with Gasteiger partial charge < -0.3 is 9.74 Å². The van der Waals surface area contributed by atoms with Crippen molar-refractivity contribution in [3.63, 3.8) is 0 Å². The highest BCUT2D eigenvalue weighted by atomic mass is 28.2. The first-order valence-corrected chi connectivity index (χ1v) is 5.63. The fourth-order valence-electron chi connectivity index (χ4n) is 1.73. The fraction of sp³-hybridized carbons (Fsp3) is 1.00. The lowest BCUT2D eigenvalue weighted by Crippen LogP contribution is -2.42. The Hall–Kier alpha value is 0.137. The molecule has 0 spiro atoms. The number of nitrogens with one attached hydrogen (secondary N) is 1. The summed E-state index contributed by atoms with van der Waals surface area (Å²) in [7, 11) is 3.10. The van der Waals surface area contributed by atoms with Gasteiger partial charge in [0.05, 0.1) is 5.60 Å². The van der Waals surface area contributed by atoms with Crippen LogP contribution in [0.25, 0.3) is 0 Å². The van der Waals surface area contributed by atoms with Gasteiger partial charge in [0, 0.05) is 12.6 Å². The summed E-state index contributed by atoms with van der Waals surface area (Å²) < 4.78 is 5.17. The highest BCUT2D eigenvalue weighted by Gasteiger charge is 2.19. The van der Waals surface area contributed by atoms with Crippen molar-refractivity contribution in [2.24, 2.45) is 0 Å². The van der Waals surface area contributed by atoms with Crippen LogP contribution in [0.4, 0.5) is 0 Å². The van der Waals surface area contributed by atoms with Gasteiger partial charge >= 0.3 is 0 Å². The maximum atomic E-state index is 5.17.